The first-order valence-electron chi connectivity index (χ1n) is 6.06. The lowest BCUT2D eigenvalue weighted by Crippen LogP contribution is -2.13. The molecule has 6 nitrogen and oxygen atoms in total. The molecule has 0 saturated carbocycles. The van der Waals surface area contributed by atoms with E-state index in [2.05, 4.69) is 0 Å². The van der Waals surface area contributed by atoms with Crippen LogP contribution in [-0.2, 0) is 14.8 Å². The van der Waals surface area contributed by atoms with E-state index in [1.165, 1.54) is 6.92 Å². The number of ether oxygens (including phenoxy) is 1. The van der Waals surface area contributed by atoms with Crippen LogP contribution in [0.5, 0.6) is 0 Å². The Morgan fingerprint density at radius 3 is 2.63 bits per heavy atom. The van der Waals surface area contributed by atoms with E-state index in [4.69, 9.17) is 14.3 Å². The lowest BCUT2D eigenvalue weighted by molar-refractivity contribution is 0.0406. The largest absolute Gasteiger partial charge is 0.460 e. The van der Waals surface area contributed by atoms with Crippen molar-refractivity contribution in [3.05, 3.63) is 17.6 Å². The van der Waals surface area contributed by atoms with Gasteiger partial charge in [-0.3, -0.25) is 0 Å². The van der Waals surface area contributed by atoms with Gasteiger partial charge >= 0.3 is 5.97 Å². The Balaban J connectivity index is 2.74. The van der Waals surface area contributed by atoms with E-state index in [0.717, 1.165) is 18.9 Å². The molecule has 1 rings (SSSR count). The first kappa shape index (κ1) is 15.7. The van der Waals surface area contributed by atoms with E-state index >= 15 is 0 Å². The highest BCUT2D eigenvalue weighted by Gasteiger charge is 2.22. The number of nitrogens with two attached hydrogens (primary N) is 1. The van der Waals surface area contributed by atoms with E-state index in [-0.39, 0.29) is 28.9 Å². The van der Waals surface area contributed by atoms with Gasteiger partial charge in [-0.05, 0) is 19.3 Å². The zero-order valence-electron chi connectivity index (χ0n) is 11.3. The van der Waals surface area contributed by atoms with Crippen molar-refractivity contribution in [1.82, 2.24) is 0 Å². The van der Waals surface area contributed by atoms with Crippen LogP contribution < -0.4 is 5.14 Å². The summed E-state index contributed by atoms with van der Waals surface area (Å²) < 4.78 is 32.5. The first-order chi connectivity index (χ1) is 8.75. The van der Waals surface area contributed by atoms with E-state index < -0.39 is 16.0 Å². The molecule has 0 aliphatic heterocycles. The molecule has 2 N–H and O–H groups in total. The van der Waals surface area contributed by atoms with Gasteiger partial charge in [0, 0.05) is 6.07 Å². The highest BCUT2D eigenvalue weighted by Crippen LogP contribution is 2.19. The van der Waals surface area contributed by atoms with Crippen LogP contribution in [0.2, 0.25) is 0 Å². The summed E-state index contributed by atoms with van der Waals surface area (Å²) in [5.41, 5.74) is 0. The van der Waals surface area contributed by atoms with E-state index in [1.807, 2.05) is 13.8 Å². The second-order valence-electron chi connectivity index (χ2n) is 4.57. The molecule has 0 spiro atoms. The molecule has 19 heavy (non-hydrogen) atoms. The van der Waals surface area contributed by atoms with Gasteiger partial charge in [-0.25, -0.2) is 18.4 Å². The van der Waals surface area contributed by atoms with Crippen molar-refractivity contribution in [2.24, 2.45) is 11.1 Å². The number of rotatable bonds is 6. The molecule has 1 aromatic heterocycles. The fourth-order valence-electron chi connectivity index (χ4n) is 1.71. The van der Waals surface area contributed by atoms with Gasteiger partial charge in [-0.1, -0.05) is 20.3 Å². The number of sulfonamides is 1. The Bertz CT molecular complexity index is 546. The standard InChI is InChI=1S/C12H19NO5S/c1-4-5-8(2)7-17-12(14)10-6-11(9(3)18-10)19(13,15)16/h6,8H,4-5,7H2,1-3H3,(H2,13,15,16). The molecule has 0 bridgehead atoms. The lowest BCUT2D eigenvalue weighted by Gasteiger charge is -2.09. The number of hydrogen-bond donors (Lipinski definition) is 1. The molecule has 1 aromatic rings. The van der Waals surface area contributed by atoms with Gasteiger partial charge in [-0.15, -0.1) is 0 Å². The maximum Gasteiger partial charge on any atom is 0.374 e. The molecular formula is C12H19NO5S. The molecule has 0 radical (unpaired) electrons. The number of carbonyl (C=O) groups is 1. The summed E-state index contributed by atoms with van der Waals surface area (Å²) in [7, 11) is -3.89. The van der Waals surface area contributed by atoms with Crippen LogP contribution in [0.3, 0.4) is 0 Å². The monoisotopic (exact) mass is 289 g/mol. The zero-order chi connectivity index (χ0) is 14.6. The van der Waals surface area contributed by atoms with Gasteiger partial charge in [0.1, 0.15) is 10.7 Å². The number of hydrogen-bond acceptors (Lipinski definition) is 5. The Kier molecular flexibility index (Phi) is 5.13. The number of furan rings is 1. The van der Waals surface area contributed by atoms with Gasteiger partial charge < -0.3 is 9.15 Å². The third-order valence-electron chi connectivity index (χ3n) is 2.66. The van der Waals surface area contributed by atoms with Crippen LogP contribution in [0, 0.1) is 12.8 Å². The van der Waals surface area contributed by atoms with Crippen molar-refractivity contribution in [2.75, 3.05) is 6.61 Å². The predicted molar refractivity (Wildman–Crippen MR) is 69.2 cm³/mol. The Morgan fingerprint density at radius 2 is 2.16 bits per heavy atom. The Labute approximate surface area is 113 Å². The van der Waals surface area contributed by atoms with Gasteiger partial charge in [0.25, 0.3) is 0 Å². The minimum Gasteiger partial charge on any atom is -0.460 e. The number of esters is 1. The van der Waals surface area contributed by atoms with Crippen molar-refractivity contribution in [3.63, 3.8) is 0 Å². The number of primary sulfonamides is 1. The summed E-state index contributed by atoms with van der Waals surface area (Å²) in [6.07, 6.45) is 1.96. The van der Waals surface area contributed by atoms with Gasteiger partial charge in [0.15, 0.2) is 0 Å². The molecular weight excluding hydrogens is 270 g/mol. The topological polar surface area (TPSA) is 99.6 Å². The molecule has 1 heterocycles. The zero-order valence-corrected chi connectivity index (χ0v) is 12.1. The summed E-state index contributed by atoms with van der Waals surface area (Å²) in [5.74, 6) is -0.495. The molecule has 0 saturated heterocycles. The SMILES string of the molecule is CCCC(C)COC(=O)c1cc(S(N)(=O)=O)c(C)o1. The van der Waals surface area contributed by atoms with Crippen molar-refractivity contribution in [2.45, 2.75) is 38.5 Å². The van der Waals surface area contributed by atoms with Crippen LogP contribution >= 0.6 is 0 Å². The molecule has 7 heteroatoms. The molecule has 0 aliphatic carbocycles. The summed E-state index contributed by atoms with van der Waals surface area (Å²) in [6.45, 7) is 5.72. The minimum absolute atomic E-state index is 0.0797. The van der Waals surface area contributed by atoms with Gasteiger partial charge in [0.05, 0.1) is 6.61 Å². The van der Waals surface area contributed by atoms with Crippen LogP contribution in [0.1, 0.15) is 43.0 Å². The van der Waals surface area contributed by atoms with E-state index in [0.29, 0.717) is 0 Å². The van der Waals surface area contributed by atoms with Crippen molar-refractivity contribution in [1.29, 1.82) is 0 Å². The highest BCUT2D eigenvalue weighted by atomic mass is 32.2. The average molecular weight is 289 g/mol. The van der Waals surface area contributed by atoms with Crippen LogP contribution in [0.15, 0.2) is 15.4 Å². The Hall–Kier alpha value is -1.34. The molecule has 108 valence electrons. The average Bonchev–Trinajstić information content (AvgIpc) is 2.68. The normalized spacial score (nSPS) is 13.3. The second kappa shape index (κ2) is 6.21. The molecule has 1 atom stereocenters. The molecule has 0 aliphatic rings. The molecule has 0 fully saturated rings. The van der Waals surface area contributed by atoms with Crippen LogP contribution in [-0.4, -0.2) is 21.0 Å². The maximum atomic E-state index is 11.7. The quantitative estimate of drug-likeness (QED) is 0.805. The smallest absolute Gasteiger partial charge is 0.374 e. The molecule has 0 aromatic carbocycles. The summed E-state index contributed by atoms with van der Waals surface area (Å²) in [5, 5.41) is 4.99. The van der Waals surface area contributed by atoms with Gasteiger partial charge in [0.2, 0.25) is 15.8 Å². The Morgan fingerprint density at radius 1 is 1.53 bits per heavy atom. The summed E-state index contributed by atoms with van der Waals surface area (Å²) in [6, 6.07) is 1.09. The van der Waals surface area contributed by atoms with Crippen LogP contribution in [0.25, 0.3) is 0 Å². The van der Waals surface area contributed by atoms with Crippen LogP contribution in [0.4, 0.5) is 0 Å². The number of carbonyl (C=O) groups excluding carboxylic acids is 1. The summed E-state index contributed by atoms with van der Waals surface area (Å²) in [4.78, 5) is 11.5. The predicted octanol–water partition coefficient (Wildman–Crippen LogP) is 1.83. The second-order valence-corrected chi connectivity index (χ2v) is 6.10. The van der Waals surface area contributed by atoms with Gasteiger partial charge in [-0.2, -0.15) is 0 Å². The fraction of sp³-hybridized carbons (Fsp3) is 0.583. The maximum absolute atomic E-state index is 11.7. The minimum atomic E-state index is -3.89. The third-order valence-corrected chi connectivity index (χ3v) is 3.68. The van der Waals surface area contributed by atoms with E-state index in [9.17, 15) is 13.2 Å². The van der Waals surface area contributed by atoms with Crippen molar-refractivity contribution < 1.29 is 22.4 Å². The third kappa shape index (κ3) is 4.36. The van der Waals surface area contributed by atoms with E-state index in [1.54, 1.807) is 0 Å². The van der Waals surface area contributed by atoms with Crippen molar-refractivity contribution in [3.8, 4) is 0 Å². The number of aryl methyl sites for hydroxylation is 1. The first-order valence-corrected chi connectivity index (χ1v) is 7.60. The molecule has 1 unspecified atom stereocenters. The molecule has 0 amide bonds. The highest BCUT2D eigenvalue weighted by molar-refractivity contribution is 7.89. The lowest BCUT2D eigenvalue weighted by atomic mass is 10.1. The fourth-order valence-corrected chi connectivity index (χ4v) is 2.43. The summed E-state index contributed by atoms with van der Waals surface area (Å²) >= 11 is 0. The van der Waals surface area contributed by atoms with Crippen molar-refractivity contribution >= 4 is 16.0 Å².